The van der Waals surface area contributed by atoms with Crippen LogP contribution in [0.15, 0.2) is 48.5 Å². The standard InChI is InChI=1S/C10H14O.C9H8O3/c1-3-8-11-10-7-5-4-6-9(10)2;1-6(10)7-3-2-4-8(5-7)9(11)12/h4-7H,3,8H2,1-2H3;2-5H,1H3,(H,11,12). The highest BCUT2D eigenvalue weighted by Gasteiger charge is 2.04. The molecule has 2 aromatic carbocycles. The molecule has 122 valence electrons. The van der Waals surface area contributed by atoms with E-state index in [0.717, 1.165) is 18.8 Å². The molecule has 1 N–H and O–H groups in total. The number of carbonyl (C=O) groups excluding carboxylic acids is 1. The van der Waals surface area contributed by atoms with Crippen LogP contribution in [0.5, 0.6) is 5.75 Å². The Kier molecular flexibility index (Phi) is 7.54. The van der Waals surface area contributed by atoms with E-state index in [1.807, 2.05) is 18.2 Å². The summed E-state index contributed by atoms with van der Waals surface area (Å²) in [5.41, 5.74) is 1.78. The molecule has 0 saturated heterocycles. The smallest absolute Gasteiger partial charge is 0.335 e. The normalized spacial score (nSPS) is 9.52. The monoisotopic (exact) mass is 314 g/mol. The summed E-state index contributed by atoms with van der Waals surface area (Å²) in [6, 6.07) is 14.1. The predicted octanol–water partition coefficient (Wildman–Crippen LogP) is 4.37. The Hall–Kier alpha value is -2.62. The van der Waals surface area contributed by atoms with Crippen LogP contribution in [-0.2, 0) is 0 Å². The number of Topliss-reactive ketones (excluding diaryl/α,β-unsaturated/α-hetero) is 1. The lowest BCUT2D eigenvalue weighted by atomic mass is 10.1. The number of hydrogen-bond acceptors (Lipinski definition) is 3. The van der Waals surface area contributed by atoms with E-state index < -0.39 is 5.97 Å². The van der Waals surface area contributed by atoms with Crippen molar-refractivity contribution >= 4 is 11.8 Å². The number of para-hydroxylation sites is 1. The van der Waals surface area contributed by atoms with Gasteiger partial charge in [-0.1, -0.05) is 37.3 Å². The minimum Gasteiger partial charge on any atom is -0.493 e. The van der Waals surface area contributed by atoms with Crippen LogP contribution in [0.3, 0.4) is 0 Å². The number of aryl methyl sites for hydroxylation is 1. The fourth-order valence-corrected chi connectivity index (χ4v) is 1.80. The first-order valence-electron chi connectivity index (χ1n) is 7.48. The van der Waals surface area contributed by atoms with Crippen LogP contribution in [0.25, 0.3) is 0 Å². The van der Waals surface area contributed by atoms with E-state index in [0.29, 0.717) is 5.56 Å². The van der Waals surface area contributed by atoms with Crippen LogP contribution in [-0.4, -0.2) is 23.5 Å². The fraction of sp³-hybridized carbons (Fsp3) is 0.263. The average molecular weight is 314 g/mol. The zero-order valence-electron chi connectivity index (χ0n) is 13.7. The van der Waals surface area contributed by atoms with Crippen LogP contribution in [0.1, 0.15) is 46.5 Å². The molecule has 0 heterocycles. The molecule has 0 radical (unpaired) electrons. The molecule has 2 aromatic rings. The molecule has 23 heavy (non-hydrogen) atoms. The number of ketones is 1. The molecule has 0 spiro atoms. The van der Waals surface area contributed by atoms with Gasteiger partial charge in [0.1, 0.15) is 5.75 Å². The van der Waals surface area contributed by atoms with Gasteiger partial charge in [0, 0.05) is 5.56 Å². The first-order valence-corrected chi connectivity index (χ1v) is 7.48. The first-order chi connectivity index (χ1) is 11.0. The summed E-state index contributed by atoms with van der Waals surface area (Å²) in [5.74, 6) is -0.134. The van der Waals surface area contributed by atoms with Gasteiger partial charge in [-0.2, -0.15) is 0 Å². The van der Waals surface area contributed by atoms with E-state index in [1.165, 1.54) is 24.6 Å². The van der Waals surface area contributed by atoms with Crippen molar-refractivity contribution in [3.8, 4) is 5.75 Å². The van der Waals surface area contributed by atoms with E-state index >= 15 is 0 Å². The zero-order chi connectivity index (χ0) is 17.2. The van der Waals surface area contributed by atoms with Crippen molar-refractivity contribution in [2.45, 2.75) is 27.2 Å². The molecule has 0 unspecified atom stereocenters. The van der Waals surface area contributed by atoms with Crippen molar-refractivity contribution in [2.75, 3.05) is 6.61 Å². The van der Waals surface area contributed by atoms with Crippen LogP contribution in [0, 0.1) is 6.92 Å². The Bertz CT molecular complexity index is 633. The summed E-state index contributed by atoms with van der Waals surface area (Å²) in [6.45, 7) is 6.38. The third-order valence-corrected chi connectivity index (χ3v) is 3.07. The first kappa shape index (κ1) is 18.4. The third-order valence-electron chi connectivity index (χ3n) is 3.07. The van der Waals surface area contributed by atoms with Crippen molar-refractivity contribution in [2.24, 2.45) is 0 Å². The minimum atomic E-state index is -1.02. The van der Waals surface area contributed by atoms with E-state index in [2.05, 4.69) is 19.9 Å². The predicted molar refractivity (Wildman–Crippen MR) is 90.4 cm³/mol. The van der Waals surface area contributed by atoms with Crippen molar-refractivity contribution in [1.29, 1.82) is 0 Å². The Morgan fingerprint density at radius 1 is 1.04 bits per heavy atom. The van der Waals surface area contributed by atoms with Gasteiger partial charge in [0.05, 0.1) is 12.2 Å². The fourth-order valence-electron chi connectivity index (χ4n) is 1.80. The van der Waals surface area contributed by atoms with Gasteiger partial charge in [0.25, 0.3) is 0 Å². The summed E-state index contributed by atoms with van der Waals surface area (Å²) >= 11 is 0. The number of ether oxygens (including phenoxy) is 1. The molecule has 0 saturated carbocycles. The van der Waals surface area contributed by atoms with E-state index in [1.54, 1.807) is 12.1 Å². The highest BCUT2D eigenvalue weighted by atomic mass is 16.5. The largest absolute Gasteiger partial charge is 0.493 e. The van der Waals surface area contributed by atoms with E-state index in [-0.39, 0.29) is 11.3 Å². The van der Waals surface area contributed by atoms with Gasteiger partial charge in [-0.25, -0.2) is 4.79 Å². The van der Waals surface area contributed by atoms with Gasteiger partial charge in [-0.15, -0.1) is 0 Å². The third kappa shape index (κ3) is 6.34. The van der Waals surface area contributed by atoms with Crippen LogP contribution >= 0.6 is 0 Å². The highest BCUT2D eigenvalue weighted by molar-refractivity contribution is 5.97. The Morgan fingerprint density at radius 3 is 2.26 bits per heavy atom. The molecule has 0 fully saturated rings. The molecular formula is C19H22O4. The summed E-state index contributed by atoms with van der Waals surface area (Å²) in [5, 5.41) is 8.58. The summed E-state index contributed by atoms with van der Waals surface area (Å²) in [4.78, 5) is 21.3. The second-order valence-electron chi connectivity index (χ2n) is 5.06. The van der Waals surface area contributed by atoms with Crippen molar-refractivity contribution in [3.05, 3.63) is 65.2 Å². The van der Waals surface area contributed by atoms with Crippen LogP contribution < -0.4 is 4.74 Å². The molecule has 4 heteroatoms. The maximum atomic E-state index is 10.8. The topological polar surface area (TPSA) is 63.6 Å². The second-order valence-corrected chi connectivity index (χ2v) is 5.06. The van der Waals surface area contributed by atoms with Gasteiger partial charge < -0.3 is 9.84 Å². The second kappa shape index (κ2) is 9.41. The summed E-state index contributed by atoms with van der Waals surface area (Å²) in [7, 11) is 0. The molecule has 4 nitrogen and oxygen atoms in total. The quantitative estimate of drug-likeness (QED) is 0.832. The Labute approximate surface area is 136 Å². The van der Waals surface area contributed by atoms with Gasteiger partial charge in [0.15, 0.2) is 5.78 Å². The molecule has 0 aliphatic rings. The molecule has 2 rings (SSSR count). The molecule has 0 aliphatic carbocycles. The maximum Gasteiger partial charge on any atom is 0.335 e. The number of benzene rings is 2. The lowest BCUT2D eigenvalue weighted by molar-refractivity contribution is 0.0697. The Morgan fingerprint density at radius 2 is 1.70 bits per heavy atom. The van der Waals surface area contributed by atoms with Gasteiger partial charge >= 0.3 is 5.97 Å². The zero-order valence-corrected chi connectivity index (χ0v) is 13.7. The molecule has 0 aromatic heterocycles. The SMILES string of the molecule is CC(=O)c1cccc(C(=O)O)c1.CCCOc1ccccc1C. The summed E-state index contributed by atoms with van der Waals surface area (Å²) < 4.78 is 5.49. The van der Waals surface area contributed by atoms with Crippen molar-refractivity contribution in [1.82, 2.24) is 0 Å². The van der Waals surface area contributed by atoms with Crippen molar-refractivity contribution < 1.29 is 19.4 Å². The lowest BCUT2D eigenvalue weighted by Crippen LogP contribution is -1.99. The molecule has 0 amide bonds. The number of carbonyl (C=O) groups is 2. The van der Waals surface area contributed by atoms with Crippen molar-refractivity contribution in [3.63, 3.8) is 0 Å². The number of carboxylic acids is 1. The van der Waals surface area contributed by atoms with Gasteiger partial charge in [0.2, 0.25) is 0 Å². The minimum absolute atomic E-state index is 0.127. The number of aromatic carboxylic acids is 1. The molecule has 0 aliphatic heterocycles. The number of carboxylic acid groups (broad SMARTS) is 1. The molecular weight excluding hydrogens is 292 g/mol. The maximum absolute atomic E-state index is 10.8. The van der Waals surface area contributed by atoms with E-state index in [9.17, 15) is 9.59 Å². The summed E-state index contributed by atoms with van der Waals surface area (Å²) in [6.07, 6.45) is 1.06. The highest BCUT2D eigenvalue weighted by Crippen LogP contribution is 2.15. The average Bonchev–Trinajstić information content (AvgIpc) is 2.55. The van der Waals surface area contributed by atoms with Gasteiger partial charge in [-0.3, -0.25) is 4.79 Å². The van der Waals surface area contributed by atoms with Crippen LogP contribution in [0.4, 0.5) is 0 Å². The van der Waals surface area contributed by atoms with Gasteiger partial charge in [-0.05, 0) is 44.0 Å². The number of hydrogen-bond donors (Lipinski definition) is 1. The Balaban J connectivity index is 0.000000231. The number of rotatable bonds is 5. The van der Waals surface area contributed by atoms with E-state index in [4.69, 9.17) is 9.84 Å². The lowest BCUT2D eigenvalue weighted by Gasteiger charge is -2.06. The molecule has 0 bridgehead atoms. The molecule has 0 atom stereocenters. The van der Waals surface area contributed by atoms with Crippen LogP contribution in [0.2, 0.25) is 0 Å².